The number of nitrogens with zero attached hydrogens (tertiary/aromatic N) is 3. The number of halogens is 1. The minimum atomic E-state index is -0.196. The first-order valence-corrected chi connectivity index (χ1v) is 10.7. The van der Waals surface area contributed by atoms with E-state index in [2.05, 4.69) is 27.5 Å². The summed E-state index contributed by atoms with van der Waals surface area (Å²) in [6.45, 7) is 2.35. The molecule has 0 spiro atoms. The molecule has 0 unspecified atom stereocenters. The quantitative estimate of drug-likeness (QED) is 0.477. The van der Waals surface area contributed by atoms with E-state index in [1.807, 2.05) is 31.3 Å². The summed E-state index contributed by atoms with van der Waals surface area (Å²) in [6.07, 6.45) is 0.619. The number of hydrogen-bond donors (Lipinski definition) is 0. The lowest BCUT2D eigenvalue weighted by molar-refractivity contribution is 0.0519. The molecule has 3 heterocycles. The van der Waals surface area contributed by atoms with Crippen LogP contribution in [0, 0.1) is 9.49 Å². The van der Waals surface area contributed by atoms with Crippen molar-refractivity contribution in [1.29, 1.82) is 0 Å². The van der Waals surface area contributed by atoms with E-state index in [9.17, 15) is 9.59 Å². The molecule has 148 valence electrons. The highest BCUT2D eigenvalue weighted by Gasteiger charge is 2.40. The predicted molar refractivity (Wildman–Crippen MR) is 118 cm³/mol. The number of carbonyl (C=O) groups is 2. The van der Waals surface area contributed by atoms with Crippen LogP contribution in [0.1, 0.15) is 31.8 Å². The summed E-state index contributed by atoms with van der Waals surface area (Å²) in [5.41, 5.74) is 4.60. The summed E-state index contributed by atoms with van der Waals surface area (Å²) >= 11 is 2.28. The van der Waals surface area contributed by atoms with E-state index >= 15 is 0 Å². The first-order chi connectivity index (χ1) is 14.0. The van der Waals surface area contributed by atoms with Crippen LogP contribution in [-0.2, 0) is 6.42 Å². The second-order valence-corrected chi connectivity index (χ2v) is 9.05. The van der Waals surface area contributed by atoms with Crippen molar-refractivity contribution >= 4 is 45.8 Å². The van der Waals surface area contributed by atoms with Crippen molar-refractivity contribution in [1.82, 2.24) is 9.80 Å². The molecule has 0 atom stereocenters. The van der Waals surface area contributed by atoms with Crippen molar-refractivity contribution < 1.29 is 14.3 Å². The Morgan fingerprint density at radius 1 is 1.17 bits per heavy atom. The van der Waals surface area contributed by atoms with Gasteiger partial charge in [-0.05, 0) is 59.5 Å². The maximum absolute atomic E-state index is 12.9. The summed E-state index contributed by atoms with van der Waals surface area (Å²) in [5.74, 6) is 0.770. The average Bonchev–Trinajstić information content (AvgIpc) is 3.19. The smallest absolute Gasteiger partial charge is 0.261 e. The predicted octanol–water partition coefficient (Wildman–Crippen LogP) is 3.13. The Morgan fingerprint density at radius 2 is 1.90 bits per heavy atom. The van der Waals surface area contributed by atoms with Crippen molar-refractivity contribution in [3.8, 4) is 5.75 Å². The van der Waals surface area contributed by atoms with Gasteiger partial charge in [0.2, 0.25) is 0 Å². The van der Waals surface area contributed by atoms with Crippen molar-refractivity contribution in [2.45, 2.75) is 6.42 Å². The van der Waals surface area contributed by atoms with Gasteiger partial charge in [-0.3, -0.25) is 19.5 Å². The number of imide groups is 1. The van der Waals surface area contributed by atoms with E-state index in [4.69, 9.17) is 9.73 Å². The molecule has 0 saturated carbocycles. The maximum Gasteiger partial charge on any atom is 0.261 e. The Morgan fingerprint density at radius 3 is 2.59 bits per heavy atom. The number of aliphatic imine (C=N–C) groups is 1. The molecule has 1 fully saturated rings. The second kappa shape index (κ2) is 6.91. The molecule has 29 heavy (non-hydrogen) atoms. The Bertz CT molecular complexity index is 1090. The lowest BCUT2D eigenvalue weighted by Gasteiger charge is -2.37. The summed E-state index contributed by atoms with van der Waals surface area (Å²) in [6, 6.07) is 9.54. The first-order valence-electron chi connectivity index (χ1n) is 9.58. The number of fused-ring (bicyclic) bond motifs is 2. The first kappa shape index (κ1) is 18.7. The molecule has 7 heteroatoms. The van der Waals surface area contributed by atoms with Gasteiger partial charge in [0.25, 0.3) is 11.8 Å². The lowest BCUT2D eigenvalue weighted by atomic mass is 10.00. The zero-order valence-electron chi connectivity index (χ0n) is 16.2. The van der Waals surface area contributed by atoms with Gasteiger partial charge < -0.3 is 9.64 Å². The highest BCUT2D eigenvalue weighted by Crippen LogP contribution is 2.38. The van der Waals surface area contributed by atoms with Crippen LogP contribution in [-0.4, -0.2) is 61.1 Å². The summed E-state index contributed by atoms with van der Waals surface area (Å²) in [4.78, 5) is 34.2. The van der Waals surface area contributed by atoms with Crippen LogP contribution in [0.3, 0.4) is 0 Å². The van der Waals surface area contributed by atoms with Gasteiger partial charge in [0, 0.05) is 35.5 Å². The molecule has 1 saturated heterocycles. The van der Waals surface area contributed by atoms with Crippen molar-refractivity contribution in [2.75, 3.05) is 33.8 Å². The number of likely N-dealkylation sites (tertiary alicyclic amines) is 1. The van der Waals surface area contributed by atoms with Gasteiger partial charge in [-0.25, -0.2) is 0 Å². The highest BCUT2D eigenvalue weighted by atomic mass is 127. The van der Waals surface area contributed by atoms with Gasteiger partial charge in [0.05, 0.1) is 35.2 Å². The molecule has 0 aromatic heterocycles. The summed E-state index contributed by atoms with van der Waals surface area (Å²) in [5, 5.41) is 0. The van der Waals surface area contributed by atoms with E-state index in [-0.39, 0.29) is 11.8 Å². The molecule has 0 aliphatic carbocycles. The summed E-state index contributed by atoms with van der Waals surface area (Å²) in [7, 11) is 3.69. The van der Waals surface area contributed by atoms with E-state index in [1.165, 1.54) is 4.90 Å². The molecule has 5 rings (SSSR count). The summed E-state index contributed by atoms with van der Waals surface area (Å²) < 4.78 is 6.58. The number of benzene rings is 2. The molecule has 3 aliphatic rings. The number of hydrogen-bond acceptors (Lipinski definition) is 5. The molecule has 0 bridgehead atoms. The van der Waals surface area contributed by atoms with Crippen molar-refractivity contribution in [2.24, 2.45) is 10.9 Å². The van der Waals surface area contributed by atoms with Crippen LogP contribution >= 0.6 is 22.6 Å². The number of carbonyl (C=O) groups excluding carboxylic acids is 2. The highest BCUT2D eigenvalue weighted by molar-refractivity contribution is 14.1. The minimum Gasteiger partial charge on any atom is -0.496 e. The molecule has 0 N–H and O–H groups in total. The molecular weight excluding hydrogens is 481 g/mol. The monoisotopic (exact) mass is 501 g/mol. The van der Waals surface area contributed by atoms with E-state index in [0.717, 1.165) is 44.9 Å². The van der Waals surface area contributed by atoms with Crippen LogP contribution in [0.15, 0.2) is 35.3 Å². The van der Waals surface area contributed by atoms with Crippen molar-refractivity contribution in [3.63, 3.8) is 0 Å². The topological polar surface area (TPSA) is 62.2 Å². The Labute approximate surface area is 182 Å². The third-order valence-electron chi connectivity index (χ3n) is 5.85. The molecular formula is C22H20IN3O3. The molecule has 2 amide bonds. The van der Waals surface area contributed by atoms with Gasteiger partial charge >= 0.3 is 0 Å². The van der Waals surface area contributed by atoms with E-state index in [0.29, 0.717) is 30.0 Å². The molecule has 0 radical (unpaired) electrons. The van der Waals surface area contributed by atoms with Gasteiger partial charge in [0.15, 0.2) is 0 Å². The lowest BCUT2D eigenvalue weighted by Crippen LogP contribution is -2.50. The van der Waals surface area contributed by atoms with Crippen LogP contribution < -0.4 is 4.74 Å². The SMILES string of the molecule is COc1cccc(I)c1C1=Nc2cc3c(cc2C1)C(=O)N(CC1CN(C)C1)C3=O. The van der Waals surface area contributed by atoms with E-state index < -0.39 is 0 Å². The largest absolute Gasteiger partial charge is 0.496 e. The minimum absolute atomic E-state index is 0.178. The average molecular weight is 501 g/mol. The Balaban J connectivity index is 1.47. The molecule has 3 aliphatic heterocycles. The fraction of sp³-hybridized carbons (Fsp3) is 0.318. The zero-order chi connectivity index (χ0) is 20.3. The molecule has 2 aromatic rings. The number of rotatable bonds is 4. The third kappa shape index (κ3) is 2.98. The normalized spacial score (nSPS) is 18.6. The number of methoxy groups -OCH3 is 1. The Kier molecular flexibility index (Phi) is 4.47. The Hall–Kier alpha value is -2.26. The third-order valence-corrected chi connectivity index (χ3v) is 6.75. The fourth-order valence-electron chi connectivity index (χ4n) is 4.45. The molecule has 2 aromatic carbocycles. The number of amides is 2. The van der Waals surface area contributed by atoms with Gasteiger partial charge in [-0.15, -0.1) is 0 Å². The van der Waals surface area contributed by atoms with Crippen LogP contribution in [0.25, 0.3) is 0 Å². The van der Waals surface area contributed by atoms with Gasteiger partial charge in [0.1, 0.15) is 5.75 Å². The molecule has 6 nitrogen and oxygen atoms in total. The zero-order valence-corrected chi connectivity index (χ0v) is 18.4. The fourth-order valence-corrected chi connectivity index (χ4v) is 5.23. The van der Waals surface area contributed by atoms with Crippen LogP contribution in [0.5, 0.6) is 5.75 Å². The van der Waals surface area contributed by atoms with Gasteiger partial charge in [-0.1, -0.05) is 6.07 Å². The number of ether oxygens (including phenoxy) is 1. The van der Waals surface area contributed by atoms with Crippen LogP contribution in [0.4, 0.5) is 5.69 Å². The van der Waals surface area contributed by atoms with Gasteiger partial charge in [-0.2, -0.15) is 0 Å². The second-order valence-electron chi connectivity index (χ2n) is 7.89. The van der Waals surface area contributed by atoms with Crippen LogP contribution in [0.2, 0.25) is 0 Å². The van der Waals surface area contributed by atoms with E-state index in [1.54, 1.807) is 13.2 Å². The maximum atomic E-state index is 12.9. The standard InChI is InChI=1S/C22H20IN3O3/c1-25-9-12(10-25)11-26-21(27)14-6-13-7-18(24-17(13)8-15(14)22(26)28)20-16(23)4-3-5-19(20)29-2/h3-6,8,12H,7,9-11H2,1-2H3. The van der Waals surface area contributed by atoms with Crippen molar-refractivity contribution in [3.05, 3.63) is 56.2 Å².